The Bertz CT molecular complexity index is 798. The monoisotopic (exact) mass is 336 g/mol. The molecule has 1 fully saturated rings. The standard InChI is InChI=1S/C19H20N4O2/c24-18-4-1-15-13-16(2-3-17(15)21-18)22-9-11-23(12-10-22)19(25)14-5-7-20-8-6-14/h2-3,5-8,13H,1,4,9-12H2,(H,21,24). The first-order valence-electron chi connectivity index (χ1n) is 8.58. The Labute approximate surface area is 146 Å². The number of nitrogens with zero attached hydrogens (tertiary/aromatic N) is 3. The number of fused-ring (bicyclic) bond motifs is 1. The molecule has 4 rings (SSSR count). The summed E-state index contributed by atoms with van der Waals surface area (Å²) in [6.45, 7) is 3.02. The lowest BCUT2D eigenvalue weighted by molar-refractivity contribution is -0.116. The number of anilines is 2. The van der Waals surface area contributed by atoms with Crippen LogP contribution < -0.4 is 10.2 Å². The van der Waals surface area contributed by atoms with Crippen molar-refractivity contribution in [2.45, 2.75) is 12.8 Å². The molecule has 1 saturated heterocycles. The largest absolute Gasteiger partial charge is 0.368 e. The van der Waals surface area contributed by atoms with Crippen LogP contribution in [0, 0.1) is 0 Å². The number of nitrogens with one attached hydrogen (secondary N) is 1. The molecule has 0 atom stereocenters. The molecule has 0 radical (unpaired) electrons. The van der Waals surface area contributed by atoms with E-state index in [1.165, 1.54) is 5.56 Å². The first-order valence-corrected chi connectivity index (χ1v) is 8.58. The molecule has 0 unspecified atom stereocenters. The fraction of sp³-hybridized carbons (Fsp3) is 0.316. The van der Waals surface area contributed by atoms with Gasteiger partial charge in [0.15, 0.2) is 0 Å². The molecule has 1 aromatic heterocycles. The van der Waals surface area contributed by atoms with Crippen molar-refractivity contribution >= 4 is 23.2 Å². The maximum Gasteiger partial charge on any atom is 0.254 e. The van der Waals surface area contributed by atoms with Crippen molar-refractivity contribution in [2.24, 2.45) is 0 Å². The van der Waals surface area contributed by atoms with E-state index in [2.05, 4.69) is 21.3 Å². The molecule has 0 saturated carbocycles. The molecule has 2 aromatic rings. The zero-order chi connectivity index (χ0) is 17.2. The Hall–Kier alpha value is -2.89. The highest BCUT2D eigenvalue weighted by Crippen LogP contribution is 2.28. The van der Waals surface area contributed by atoms with Gasteiger partial charge in [0.2, 0.25) is 5.91 Å². The smallest absolute Gasteiger partial charge is 0.254 e. The Kier molecular flexibility index (Phi) is 4.09. The van der Waals surface area contributed by atoms with Crippen LogP contribution in [0.4, 0.5) is 11.4 Å². The summed E-state index contributed by atoms with van der Waals surface area (Å²) in [5, 5.41) is 2.91. The van der Waals surface area contributed by atoms with Gasteiger partial charge in [-0.25, -0.2) is 0 Å². The molecule has 2 amide bonds. The van der Waals surface area contributed by atoms with Crippen molar-refractivity contribution in [1.82, 2.24) is 9.88 Å². The molecule has 0 spiro atoms. The van der Waals surface area contributed by atoms with E-state index in [1.54, 1.807) is 24.5 Å². The third-order valence-electron chi connectivity index (χ3n) is 4.84. The number of benzene rings is 1. The number of piperazine rings is 1. The summed E-state index contributed by atoms with van der Waals surface area (Å²) < 4.78 is 0. The number of pyridine rings is 1. The molecular weight excluding hydrogens is 316 g/mol. The van der Waals surface area contributed by atoms with E-state index in [9.17, 15) is 9.59 Å². The van der Waals surface area contributed by atoms with Crippen molar-refractivity contribution in [2.75, 3.05) is 36.4 Å². The van der Waals surface area contributed by atoms with E-state index in [-0.39, 0.29) is 11.8 Å². The van der Waals surface area contributed by atoms with Crippen LogP contribution in [-0.4, -0.2) is 47.9 Å². The lowest BCUT2D eigenvalue weighted by Gasteiger charge is -2.36. The van der Waals surface area contributed by atoms with Crippen LogP contribution in [0.3, 0.4) is 0 Å². The van der Waals surface area contributed by atoms with E-state index in [0.29, 0.717) is 25.1 Å². The van der Waals surface area contributed by atoms with Gasteiger partial charge in [-0.15, -0.1) is 0 Å². The molecular formula is C19H20N4O2. The predicted octanol–water partition coefficient (Wildman–Crippen LogP) is 1.93. The van der Waals surface area contributed by atoms with E-state index < -0.39 is 0 Å². The second-order valence-corrected chi connectivity index (χ2v) is 6.40. The van der Waals surface area contributed by atoms with Gasteiger partial charge in [0.1, 0.15) is 0 Å². The minimum atomic E-state index is 0.0650. The maximum absolute atomic E-state index is 12.5. The number of aromatic nitrogens is 1. The Balaban J connectivity index is 1.42. The Morgan fingerprint density at radius 2 is 1.76 bits per heavy atom. The van der Waals surface area contributed by atoms with Gasteiger partial charge in [0, 0.05) is 61.9 Å². The first-order chi connectivity index (χ1) is 12.2. The van der Waals surface area contributed by atoms with Gasteiger partial charge in [-0.05, 0) is 42.3 Å². The van der Waals surface area contributed by atoms with Crippen LogP contribution in [0.25, 0.3) is 0 Å². The average Bonchev–Trinajstić information content (AvgIpc) is 2.68. The first kappa shape index (κ1) is 15.6. The molecule has 6 nitrogen and oxygen atoms in total. The van der Waals surface area contributed by atoms with Gasteiger partial charge >= 0.3 is 0 Å². The number of carbonyl (C=O) groups is 2. The van der Waals surface area contributed by atoms with E-state index in [0.717, 1.165) is 30.9 Å². The summed E-state index contributed by atoms with van der Waals surface area (Å²) in [6.07, 6.45) is 4.63. The topological polar surface area (TPSA) is 65.5 Å². The molecule has 25 heavy (non-hydrogen) atoms. The number of rotatable bonds is 2. The predicted molar refractivity (Wildman–Crippen MR) is 95.7 cm³/mol. The SMILES string of the molecule is O=C1CCc2cc(N3CCN(C(=O)c4ccncc4)CC3)ccc2N1. The highest BCUT2D eigenvalue weighted by molar-refractivity contribution is 5.95. The van der Waals surface area contributed by atoms with Crippen LogP contribution in [0.5, 0.6) is 0 Å². The number of hydrogen-bond acceptors (Lipinski definition) is 4. The lowest BCUT2D eigenvalue weighted by atomic mass is 10.0. The van der Waals surface area contributed by atoms with Gasteiger partial charge in [-0.2, -0.15) is 0 Å². The summed E-state index contributed by atoms with van der Waals surface area (Å²) in [4.78, 5) is 32.1. The quantitative estimate of drug-likeness (QED) is 0.910. The third kappa shape index (κ3) is 3.20. The van der Waals surface area contributed by atoms with Crippen molar-refractivity contribution in [3.8, 4) is 0 Å². The van der Waals surface area contributed by atoms with Crippen molar-refractivity contribution in [3.05, 3.63) is 53.9 Å². The zero-order valence-corrected chi connectivity index (χ0v) is 13.9. The summed E-state index contributed by atoms with van der Waals surface area (Å²) in [6, 6.07) is 9.70. The second-order valence-electron chi connectivity index (χ2n) is 6.40. The minimum Gasteiger partial charge on any atom is -0.368 e. The van der Waals surface area contributed by atoms with Crippen LogP contribution in [0.1, 0.15) is 22.3 Å². The molecule has 3 heterocycles. The number of amides is 2. The summed E-state index contributed by atoms with van der Waals surface area (Å²) in [5.41, 5.74) is 3.96. The Morgan fingerprint density at radius 1 is 1.00 bits per heavy atom. The van der Waals surface area contributed by atoms with Gasteiger partial charge < -0.3 is 15.1 Å². The maximum atomic E-state index is 12.5. The van der Waals surface area contributed by atoms with Gasteiger partial charge in [-0.3, -0.25) is 14.6 Å². The molecule has 6 heteroatoms. The Morgan fingerprint density at radius 3 is 2.52 bits per heavy atom. The molecule has 1 aromatic carbocycles. The molecule has 0 aliphatic carbocycles. The van der Waals surface area contributed by atoms with Gasteiger partial charge in [-0.1, -0.05) is 0 Å². The van der Waals surface area contributed by atoms with Crippen LogP contribution >= 0.6 is 0 Å². The van der Waals surface area contributed by atoms with Gasteiger partial charge in [0.05, 0.1) is 0 Å². The second kappa shape index (κ2) is 6.55. The fourth-order valence-electron chi connectivity index (χ4n) is 3.41. The zero-order valence-electron chi connectivity index (χ0n) is 13.9. The molecule has 2 aliphatic heterocycles. The molecule has 1 N–H and O–H groups in total. The van der Waals surface area contributed by atoms with Crippen molar-refractivity contribution < 1.29 is 9.59 Å². The highest BCUT2D eigenvalue weighted by Gasteiger charge is 2.23. The summed E-state index contributed by atoms with van der Waals surface area (Å²) in [5.74, 6) is 0.152. The van der Waals surface area contributed by atoms with E-state index in [4.69, 9.17) is 0 Å². The third-order valence-corrected chi connectivity index (χ3v) is 4.84. The number of aryl methyl sites for hydroxylation is 1. The highest BCUT2D eigenvalue weighted by atomic mass is 16.2. The normalized spacial score (nSPS) is 17.0. The fourth-order valence-corrected chi connectivity index (χ4v) is 3.41. The molecule has 2 aliphatic rings. The number of carbonyl (C=O) groups excluding carboxylic acids is 2. The van der Waals surface area contributed by atoms with Crippen LogP contribution in [0.2, 0.25) is 0 Å². The molecule has 0 bridgehead atoms. The summed E-state index contributed by atoms with van der Waals surface area (Å²) in [7, 11) is 0. The molecule has 128 valence electrons. The summed E-state index contributed by atoms with van der Waals surface area (Å²) >= 11 is 0. The number of hydrogen-bond donors (Lipinski definition) is 1. The van der Waals surface area contributed by atoms with Gasteiger partial charge in [0.25, 0.3) is 5.91 Å². The van der Waals surface area contributed by atoms with Crippen molar-refractivity contribution in [3.63, 3.8) is 0 Å². The van der Waals surface area contributed by atoms with E-state index in [1.807, 2.05) is 17.0 Å². The van der Waals surface area contributed by atoms with Crippen LogP contribution in [-0.2, 0) is 11.2 Å². The van der Waals surface area contributed by atoms with Crippen LogP contribution in [0.15, 0.2) is 42.7 Å². The lowest BCUT2D eigenvalue weighted by Crippen LogP contribution is -2.48. The van der Waals surface area contributed by atoms with Crippen molar-refractivity contribution in [1.29, 1.82) is 0 Å². The average molecular weight is 336 g/mol. The van der Waals surface area contributed by atoms with E-state index >= 15 is 0 Å². The minimum absolute atomic E-state index is 0.0650.